The fraction of sp³-hybridized carbons (Fsp3) is 0.829. The van der Waals surface area contributed by atoms with Gasteiger partial charge in [-0.3, -0.25) is 0 Å². The van der Waals surface area contributed by atoms with E-state index in [4.69, 9.17) is 4.43 Å². The first-order chi connectivity index (χ1) is 16.9. The molecule has 1 saturated carbocycles. The zero-order valence-electron chi connectivity index (χ0n) is 26.7. The lowest BCUT2D eigenvalue weighted by Gasteiger charge is -2.61. The predicted octanol–water partition coefficient (Wildman–Crippen LogP) is 11.0. The van der Waals surface area contributed by atoms with Gasteiger partial charge in [0.2, 0.25) is 0 Å². The molecule has 4 aliphatic carbocycles. The number of allylic oxidation sites excluding steroid dienone is 6. The normalized spacial score (nSPS) is 36.3. The van der Waals surface area contributed by atoms with E-state index in [9.17, 15) is 0 Å². The van der Waals surface area contributed by atoms with E-state index in [2.05, 4.69) is 94.5 Å². The lowest BCUT2D eigenvalue weighted by atomic mass is 9.46. The van der Waals surface area contributed by atoms with Gasteiger partial charge in [0.1, 0.15) is 0 Å². The van der Waals surface area contributed by atoms with Crippen LogP contribution in [0.3, 0.4) is 0 Å². The molecule has 2 heteroatoms. The van der Waals surface area contributed by atoms with Crippen molar-refractivity contribution in [1.29, 1.82) is 0 Å². The molecule has 0 saturated heterocycles. The summed E-state index contributed by atoms with van der Waals surface area (Å²) in [7, 11) is -1.78. The highest BCUT2D eigenvalue weighted by Crippen LogP contribution is 2.67. The zero-order chi connectivity index (χ0) is 27.6. The van der Waals surface area contributed by atoms with E-state index < -0.39 is 8.32 Å². The molecule has 0 heterocycles. The first-order valence-electron chi connectivity index (χ1n) is 15.7. The minimum absolute atomic E-state index is 0.230. The summed E-state index contributed by atoms with van der Waals surface area (Å²) in [4.78, 5) is 0. The molecule has 4 aliphatic rings. The average molecular weight is 525 g/mol. The first kappa shape index (κ1) is 29.4. The Labute approximate surface area is 232 Å². The van der Waals surface area contributed by atoms with Gasteiger partial charge in [0.25, 0.3) is 0 Å². The molecule has 0 N–H and O–H groups in total. The van der Waals surface area contributed by atoms with Crippen LogP contribution in [-0.2, 0) is 4.43 Å². The van der Waals surface area contributed by atoms with Crippen molar-refractivity contribution in [2.45, 2.75) is 151 Å². The molecular formula is C35H60OSi. The van der Waals surface area contributed by atoms with Crippen molar-refractivity contribution in [3.63, 3.8) is 0 Å². The molecular weight excluding hydrogens is 464 g/mol. The molecule has 1 fully saturated rings. The molecule has 0 amide bonds. The molecule has 37 heavy (non-hydrogen) atoms. The summed E-state index contributed by atoms with van der Waals surface area (Å²) in [5, 5.41) is 0.272. The van der Waals surface area contributed by atoms with Crippen molar-refractivity contribution >= 4 is 8.32 Å². The lowest BCUT2D eigenvalue weighted by molar-refractivity contribution is -0.0839. The van der Waals surface area contributed by atoms with Gasteiger partial charge in [-0.1, -0.05) is 78.7 Å². The Hall–Kier alpha value is -0.603. The monoisotopic (exact) mass is 524 g/mol. The van der Waals surface area contributed by atoms with Crippen LogP contribution < -0.4 is 0 Å². The summed E-state index contributed by atoms with van der Waals surface area (Å²) in [6.07, 6.45) is 17.3. The molecule has 6 atom stereocenters. The van der Waals surface area contributed by atoms with Crippen LogP contribution in [0.5, 0.6) is 0 Å². The lowest BCUT2D eigenvalue weighted by Crippen LogP contribution is -2.57. The van der Waals surface area contributed by atoms with E-state index in [0.29, 0.717) is 16.9 Å². The Bertz CT molecular complexity index is 968. The van der Waals surface area contributed by atoms with Crippen LogP contribution in [-0.4, -0.2) is 14.4 Å². The molecule has 3 unspecified atom stereocenters. The molecule has 0 bridgehead atoms. The molecule has 0 aromatic carbocycles. The van der Waals surface area contributed by atoms with Gasteiger partial charge in [0.05, 0.1) is 6.10 Å². The van der Waals surface area contributed by atoms with Crippen LogP contribution in [0, 0.1) is 34.0 Å². The Morgan fingerprint density at radius 2 is 1.73 bits per heavy atom. The second-order valence-corrected chi connectivity index (χ2v) is 21.2. The fourth-order valence-electron chi connectivity index (χ4n) is 9.14. The number of fused-ring (bicyclic) bond motifs is 4. The van der Waals surface area contributed by atoms with Crippen molar-refractivity contribution < 1.29 is 4.43 Å². The van der Waals surface area contributed by atoms with Gasteiger partial charge in [-0.15, -0.1) is 0 Å². The number of hydrogen-bond donors (Lipinski definition) is 0. The Morgan fingerprint density at radius 3 is 2.35 bits per heavy atom. The molecule has 0 aromatic heterocycles. The van der Waals surface area contributed by atoms with Crippen LogP contribution in [0.2, 0.25) is 18.1 Å². The second kappa shape index (κ2) is 9.79. The largest absolute Gasteiger partial charge is 0.413 e. The van der Waals surface area contributed by atoms with Crippen LogP contribution in [0.15, 0.2) is 34.4 Å². The Morgan fingerprint density at radius 1 is 1.05 bits per heavy atom. The van der Waals surface area contributed by atoms with Crippen molar-refractivity contribution in [3.8, 4) is 0 Å². The van der Waals surface area contributed by atoms with Gasteiger partial charge < -0.3 is 4.43 Å². The molecule has 0 spiro atoms. The summed E-state index contributed by atoms with van der Waals surface area (Å²) in [5.41, 5.74) is 7.90. The Kier molecular flexibility index (Phi) is 7.78. The summed E-state index contributed by atoms with van der Waals surface area (Å²) < 4.78 is 7.17. The summed E-state index contributed by atoms with van der Waals surface area (Å²) in [5.74, 6) is 2.34. The topological polar surface area (TPSA) is 9.23 Å². The van der Waals surface area contributed by atoms with Gasteiger partial charge in [-0.25, -0.2) is 0 Å². The van der Waals surface area contributed by atoms with Gasteiger partial charge in [0.15, 0.2) is 8.32 Å². The van der Waals surface area contributed by atoms with Crippen molar-refractivity contribution in [3.05, 3.63) is 34.4 Å². The van der Waals surface area contributed by atoms with E-state index in [1.165, 1.54) is 63.4 Å². The fourth-order valence-corrected chi connectivity index (χ4v) is 10.6. The maximum Gasteiger partial charge on any atom is 0.192 e. The highest BCUT2D eigenvalue weighted by molar-refractivity contribution is 6.74. The molecule has 0 aromatic rings. The smallest absolute Gasteiger partial charge is 0.192 e. The standard InChI is InChI=1S/C35H60OSi/c1-24(2)14-13-15-25(3)27-17-18-28-26-16-19-30-33(7,8)31(36-37(11,12)32(4,5)6)21-23-35(30,10)29(26)20-22-34(27,28)9/h14,18,25,27,30-31H,13,15-17,19-23H2,1-12H3/t25-,27?,30?,31?,34-,35-/m1/s1. The zero-order valence-corrected chi connectivity index (χ0v) is 27.7. The van der Waals surface area contributed by atoms with Crippen LogP contribution in [0.1, 0.15) is 127 Å². The summed E-state index contributed by atoms with van der Waals surface area (Å²) >= 11 is 0. The third kappa shape index (κ3) is 4.94. The highest BCUT2D eigenvalue weighted by atomic mass is 28.4. The molecule has 1 nitrogen and oxygen atoms in total. The van der Waals surface area contributed by atoms with Crippen molar-refractivity contribution in [2.24, 2.45) is 34.0 Å². The second-order valence-electron chi connectivity index (χ2n) is 16.4. The average Bonchev–Trinajstić information content (AvgIpc) is 3.12. The van der Waals surface area contributed by atoms with Crippen molar-refractivity contribution in [1.82, 2.24) is 0 Å². The summed E-state index contributed by atoms with van der Waals surface area (Å²) in [6.45, 7) is 29.5. The van der Waals surface area contributed by atoms with E-state index in [1.807, 2.05) is 11.1 Å². The molecule has 0 aliphatic heterocycles. The molecule has 210 valence electrons. The van der Waals surface area contributed by atoms with E-state index in [1.54, 1.807) is 5.57 Å². The van der Waals surface area contributed by atoms with E-state index in [0.717, 1.165) is 17.8 Å². The van der Waals surface area contributed by atoms with Gasteiger partial charge in [-0.2, -0.15) is 0 Å². The Balaban J connectivity index is 1.57. The molecule has 0 radical (unpaired) electrons. The third-order valence-electron chi connectivity index (χ3n) is 12.5. The van der Waals surface area contributed by atoms with Gasteiger partial charge >= 0.3 is 0 Å². The number of hydrogen-bond acceptors (Lipinski definition) is 1. The van der Waals surface area contributed by atoms with Crippen LogP contribution in [0.4, 0.5) is 0 Å². The van der Waals surface area contributed by atoms with Gasteiger partial charge in [0, 0.05) is 0 Å². The molecule has 4 rings (SSSR count). The van der Waals surface area contributed by atoms with Gasteiger partial charge in [-0.05, 0) is 135 Å². The van der Waals surface area contributed by atoms with Crippen LogP contribution in [0.25, 0.3) is 0 Å². The predicted molar refractivity (Wildman–Crippen MR) is 164 cm³/mol. The quantitative estimate of drug-likeness (QED) is 0.248. The van der Waals surface area contributed by atoms with Crippen LogP contribution >= 0.6 is 0 Å². The maximum absolute atomic E-state index is 7.17. The third-order valence-corrected chi connectivity index (χ3v) is 17.0. The highest BCUT2D eigenvalue weighted by Gasteiger charge is 2.58. The van der Waals surface area contributed by atoms with E-state index >= 15 is 0 Å². The van der Waals surface area contributed by atoms with E-state index in [-0.39, 0.29) is 10.5 Å². The number of rotatable bonds is 6. The SMILES string of the molecule is CC(C)=CCC[C@@H](C)C1CC=C2C3=C(CC[C@@]21C)[C@@]1(C)CCC(O[Si](C)(C)C(C)(C)C)C(C)(C)C1CC3. The van der Waals surface area contributed by atoms with Crippen molar-refractivity contribution in [2.75, 3.05) is 0 Å². The first-order valence-corrected chi connectivity index (χ1v) is 18.6. The minimum Gasteiger partial charge on any atom is -0.413 e. The maximum atomic E-state index is 7.17. The minimum atomic E-state index is -1.78. The summed E-state index contributed by atoms with van der Waals surface area (Å²) in [6, 6.07) is 0.